The van der Waals surface area contributed by atoms with Crippen LogP contribution in [0.15, 0.2) is 32.2 Å². The molecule has 1 aromatic heterocycles. The Kier molecular flexibility index (Phi) is 3.79. The van der Waals surface area contributed by atoms with Crippen molar-refractivity contribution in [2.24, 2.45) is 0 Å². The van der Waals surface area contributed by atoms with E-state index in [0.717, 1.165) is 0 Å². The molecule has 0 bridgehead atoms. The van der Waals surface area contributed by atoms with Gasteiger partial charge in [0.2, 0.25) is 0 Å². The number of hydrogen-bond donors (Lipinski definition) is 4. The van der Waals surface area contributed by atoms with Gasteiger partial charge in [0.1, 0.15) is 6.10 Å². The molecule has 0 aliphatic heterocycles. The number of fused-ring (bicyclic) bond motifs is 1. The van der Waals surface area contributed by atoms with Crippen LogP contribution in [-0.2, 0) is 0 Å². The van der Waals surface area contributed by atoms with Gasteiger partial charge in [-0.25, -0.2) is 9.59 Å². The summed E-state index contributed by atoms with van der Waals surface area (Å²) in [6.07, 6.45) is -2.61. The van der Waals surface area contributed by atoms with Crippen molar-refractivity contribution >= 4 is 10.9 Å². The van der Waals surface area contributed by atoms with Crippen molar-refractivity contribution < 1.29 is 19.7 Å². The predicted molar refractivity (Wildman–Crippen MR) is 65.8 cm³/mol. The van der Waals surface area contributed by atoms with Crippen molar-refractivity contribution in [3.63, 3.8) is 0 Å². The molecule has 2 aromatic rings. The number of H-pyrrole nitrogens is 1. The van der Waals surface area contributed by atoms with Crippen LogP contribution in [0.4, 0.5) is 0 Å². The minimum atomic E-state index is -1.36. The maximum absolute atomic E-state index is 11.7. The number of aliphatic hydroxyl groups is 3. The highest BCUT2D eigenvalue weighted by atomic mass is 16.4. The lowest BCUT2D eigenvalue weighted by atomic mass is 9.99. The van der Waals surface area contributed by atoms with E-state index in [1.54, 1.807) is 0 Å². The van der Waals surface area contributed by atoms with Gasteiger partial charge in [0.15, 0.2) is 0 Å². The van der Waals surface area contributed by atoms with Gasteiger partial charge in [-0.2, -0.15) is 0 Å². The summed E-state index contributed by atoms with van der Waals surface area (Å²) in [5.41, 5.74) is -0.526. The Hall–Kier alpha value is -1.96. The first-order valence-electron chi connectivity index (χ1n) is 5.67. The minimum Gasteiger partial charge on any atom is -0.396 e. The van der Waals surface area contributed by atoms with Crippen molar-refractivity contribution in [2.45, 2.75) is 18.6 Å². The normalized spacial score (nSPS) is 14.5. The fourth-order valence-corrected chi connectivity index (χ4v) is 1.92. The summed E-state index contributed by atoms with van der Waals surface area (Å²) in [6, 6.07) is 4.47. The van der Waals surface area contributed by atoms with E-state index < -0.39 is 23.6 Å². The van der Waals surface area contributed by atoms with E-state index >= 15 is 0 Å². The third-order valence-corrected chi connectivity index (χ3v) is 2.83. The average molecular weight is 267 g/mol. The highest BCUT2D eigenvalue weighted by Gasteiger charge is 2.22. The van der Waals surface area contributed by atoms with Crippen LogP contribution in [0, 0.1) is 0 Å². The number of aromatic nitrogens is 1. The van der Waals surface area contributed by atoms with E-state index in [2.05, 4.69) is 9.40 Å². The number of rotatable bonds is 4. The molecule has 7 nitrogen and oxygen atoms in total. The Bertz CT molecular complexity index is 688. The van der Waals surface area contributed by atoms with Crippen molar-refractivity contribution in [1.29, 1.82) is 0 Å². The van der Waals surface area contributed by atoms with Crippen molar-refractivity contribution in [2.75, 3.05) is 6.61 Å². The fraction of sp³-hybridized carbons (Fsp3) is 0.333. The van der Waals surface area contributed by atoms with Gasteiger partial charge in [-0.3, -0.25) is 4.98 Å². The molecule has 102 valence electrons. The maximum atomic E-state index is 11.7. The Morgan fingerprint density at radius 1 is 1.26 bits per heavy atom. The molecule has 0 amide bonds. The second kappa shape index (κ2) is 5.35. The van der Waals surface area contributed by atoms with E-state index in [-0.39, 0.29) is 29.5 Å². The first kappa shape index (κ1) is 13.5. The van der Waals surface area contributed by atoms with Crippen LogP contribution in [0.2, 0.25) is 0 Å². The van der Waals surface area contributed by atoms with Crippen LogP contribution in [0.5, 0.6) is 0 Å². The topological polar surface area (TPSA) is 124 Å². The predicted octanol–water partition coefficient (Wildman–Crippen LogP) is -0.742. The quantitative estimate of drug-likeness (QED) is 0.578. The molecule has 19 heavy (non-hydrogen) atoms. The zero-order valence-electron chi connectivity index (χ0n) is 9.87. The van der Waals surface area contributed by atoms with Gasteiger partial charge in [-0.05, 0) is 18.1 Å². The molecule has 0 aliphatic rings. The maximum Gasteiger partial charge on any atom is 0.419 e. The van der Waals surface area contributed by atoms with E-state index in [1.165, 1.54) is 18.2 Å². The molecule has 4 N–H and O–H groups in total. The molecule has 0 saturated heterocycles. The highest BCUT2D eigenvalue weighted by Crippen LogP contribution is 2.23. The van der Waals surface area contributed by atoms with Gasteiger partial charge >= 0.3 is 11.4 Å². The molecule has 1 aromatic carbocycles. The minimum absolute atomic E-state index is 0.00610. The number of nitrogens with one attached hydrogen (secondary N) is 1. The first-order chi connectivity index (χ1) is 9.04. The summed E-state index contributed by atoms with van der Waals surface area (Å²) in [4.78, 5) is 25.1. The first-order valence-corrected chi connectivity index (χ1v) is 5.67. The van der Waals surface area contributed by atoms with Gasteiger partial charge < -0.3 is 19.7 Å². The van der Waals surface area contributed by atoms with Crippen LogP contribution < -0.4 is 11.4 Å². The molecule has 0 saturated carbocycles. The second-order valence-electron chi connectivity index (χ2n) is 4.10. The molecule has 1 heterocycles. The van der Waals surface area contributed by atoms with Crippen molar-refractivity contribution in [3.8, 4) is 0 Å². The van der Waals surface area contributed by atoms with Crippen LogP contribution in [0.25, 0.3) is 10.9 Å². The second-order valence-corrected chi connectivity index (χ2v) is 4.10. The third kappa shape index (κ3) is 2.58. The Morgan fingerprint density at radius 3 is 2.68 bits per heavy atom. The van der Waals surface area contributed by atoms with Crippen molar-refractivity contribution in [3.05, 3.63) is 44.7 Å². The van der Waals surface area contributed by atoms with Gasteiger partial charge in [0.05, 0.1) is 17.0 Å². The summed E-state index contributed by atoms with van der Waals surface area (Å²) in [7, 11) is 0. The molecular weight excluding hydrogens is 254 g/mol. The highest BCUT2D eigenvalue weighted by molar-refractivity contribution is 5.81. The lowest BCUT2D eigenvalue weighted by Gasteiger charge is -2.18. The zero-order chi connectivity index (χ0) is 14.0. The van der Waals surface area contributed by atoms with Crippen LogP contribution in [-0.4, -0.2) is 33.0 Å². The molecule has 2 unspecified atom stereocenters. The van der Waals surface area contributed by atoms with E-state index in [4.69, 9.17) is 5.11 Å². The summed E-state index contributed by atoms with van der Waals surface area (Å²) >= 11 is 0. The molecule has 0 fully saturated rings. The summed E-state index contributed by atoms with van der Waals surface area (Å²) < 4.78 is 4.41. The van der Waals surface area contributed by atoms with Crippen molar-refractivity contribution in [1.82, 2.24) is 4.98 Å². The standard InChI is InChI=1S/C12H13NO6/c14-5-4-8(15)10(16)6-2-1-3-7-9(6)11(17)19-12(18)13-7/h1-3,8,10,14-16H,4-5H2,(H,13,18). The van der Waals surface area contributed by atoms with E-state index in [1.807, 2.05) is 0 Å². The average Bonchev–Trinajstić information content (AvgIpc) is 2.37. The lowest BCUT2D eigenvalue weighted by Crippen LogP contribution is -2.22. The molecule has 2 atom stereocenters. The van der Waals surface area contributed by atoms with E-state index in [0.29, 0.717) is 0 Å². The number of benzene rings is 1. The number of aliphatic hydroxyl groups excluding tert-OH is 3. The van der Waals surface area contributed by atoms with E-state index in [9.17, 15) is 19.8 Å². The van der Waals surface area contributed by atoms with Gasteiger partial charge in [0, 0.05) is 6.61 Å². The zero-order valence-corrected chi connectivity index (χ0v) is 9.87. The lowest BCUT2D eigenvalue weighted by molar-refractivity contribution is 0.00492. The van der Waals surface area contributed by atoms with Gasteiger partial charge in [0.25, 0.3) is 0 Å². The SMILES string of the molecule is O=c1[nH]c2cccc(C(O)C(O)CCO)c2c(=O)o1. The summed E-state index contributed by atoms with van der Waals surface area (Å²) in [5, 5.41) is 28.4. The monoisotopic (exact) mass is 267 g/mol. The molecular formula is C12H13NO6. The van der Waals surface area contributed by atoms with Crippen LogP contribution in [0.1, 0.15) is 18.1 Å². The van der Waals surface area contributed by atoms with Gasteiger partial charge in [-0.1, -0.05) is 12.1 Å². The Morgan fingerprint density at radius 2 is 2.00 bits per heavy atom. The fourth-order valence-electron chi connectivity index (χ4n) is 1.92. The smallest absolute Gasteiger partial charge is 0.396 e. The number of aromatic amines is 1. The number of hydrogen-bond acceptors (Lipinski definition) is 6. The van der Waals surface area contributed by atoms with Crippen LogP contribution >= 0.6 is 0 Å². The summed E-state index contributed by atoms with van der Waals surface area (Å²) in [5.74, 6) is -0.889. The largest absolute Gasteiger partial charge is 0.419 e. The molecule has 7 heteroatoms. The Balaban J connectivity index is 2.61. The summed E-state index contributed by atoms with van der Waals surface area (Å²) in [6.45, 7) is -0.297. The molecule has 2 rings (SSSR count). The molecule has 0 radical (unpaired) electrons. The third-order valence-electron chi connectivity index (χ3n) is 2.83. The molecule has 0 spiro atoms. The molecule has 0 aliphatic carbocycles. The van der Waals surface area contributed by atoms with Gasteiger partial charge in [-0.15, -0.1) is 0 Å². The Labute approximate surface area is 106 Å². The van der Waals surface area contributed by atoms with Crippen LogP contribution in [0.3, 0.4) is 0 Å².